The summed E-state index contributed by atoms with van der Waals surface area (Å²) in [5.41, 5.74) is 3.78. The maximum absolute atomic E-state index is 5.50. The summed E-state index contributed by atoms with van der Waals surface area (Å²) in [5.74, 6) is 0.939. The van der Waals surface area contributed by atoms with Gasteiger partial charge >= 0.3 is 0 Å². The van der Waals surface area contributed by atoms with E-state index in [1.54, 1.807) is 18.4 Å². The fourth-order valence-electron chi connectivity index (χ4n) is 3.59. The Kier molecular flexibility index (Phi) is 4.93. The molecule has 0 radical (unpaired) electrons. The number of aryl methyl sites for hydroxylation is 1. The average Bonchev–Trinajstić information content (AvgIpc) is 3.03. The minimum atomic E-state index is 0.939. The second-order valence-corrected chi connectivity index (χ2v) is 7.81. The second-order valence-electron chi connectivity index (χ2n) is 6.78. The Balaban J connectivity index is 1.56. The summed E-state index contributed by atoms with van der Waals surface area (Å²) in [4.78, 5) is 2.50. The monoisotopic (exact) mass is 365 g/mol. The van der Waals surface area contributed by atoms with Gasteiger partial charge in [0.25, 0.3) is 5.01 Å². The van der Waals surface area contributed by atoms with Crippen LogP contribution in [0.15, 0.2) is 42.5 Å². The Hall–Kier alpha value is -2.33. The van der Waals surface area contributed by atoms with E-state index in [9.17, 15) is 0 Å². The maximum atomic E-state index is 5.50. The topological polar surface area (TPSA) is 16.4 Å². The first-order valence-electron chi connectivity index (χ1n) is 9.25. The predicted octanol–water partition coefficient (Wildman–Crippen LogP) is 4.90. The lowest BCUT2D eigenvalue weighted by molar-refractivity contribution is -0.642. The van der Waals surface area contributed by atoms with Crippen LogP contribution in [-0.2, 0) is 7.05 Å². The van der Waals surface area contributed by atoms with Crippen LogP contribution < -0.4 is 14.2 Å². The second kappa shape index (κ2) is 7.50. The van der Waals surface area contributed by atoms with Crippen molar-refractivity contribution in [1.82, 2.24) is 0 Å². The number of ether oxygens (including phenoxy) is 1. The SMILES string of the molecule is COc1cccc2c1sc(C=Cc1ccc(N3CCCCC3)cc1)[n+]2C. The molecular weight excluding hydrogens is 340 g/mol. The third-order valence-corrected chi connectivity index (χ3v) is 6.34. The number of nitrogens with zero attached hydrogens (tertiary/aromatic N) is 2. The molecule has 0 amide bonds. The van der Waals surface area contributed by atoms with Crippen molar-refractivity contribution in [3.63, 3.8) is 0 Å². The number of thiazole rings is 1. The molecule has 0 spiro atoms. The normalized spacial score (nSPS) is 15.1. The molecule has 1 aliphatic heterocycles. The minimum Gasteiger partial charge on any atom is -0.495 e. The molecule has 1 aliphatic rings. The lowest BCUT2D eigenvalue weighted by Gasteiger charge is -2.28. The Labute approximate surface area is 159 Å². The van der Waals surface area contributed by atoms with E-state index in [1.807, 2.05) is 12.1 Å². The zero-order chi connectivity index (χ0) is 17.9. The number of benzene rings is 2. The summed E-state index contributed by atoms with van der Waals surface area (Å²) in [6.45, 7) is 2.38. The zero-order valence-corrected chi connectivity index (χ0v) is 16.3. The molecule has 0 aliphatic carbocycles. The van der Waals surface area contributed by atoms with Gasteiger partial charge in [-0.1, -0.05) is 29.5 Å². The van der Waals surface area contributed by atoms with Gasteiger partial charge in [0.15, 0.2) is 0 Å². The third-order valence-electron chi connectivity index (χ3n) is 5.11. The molecule has 4 rings (SSSR count). The van der Waals surface area contributed by atoms with Gasteiger partial charge in [0, 0.05) is 30.9 Å². The fourth-order valence-corrected chi connectivity index (χ4v) is 4.73. The lowest BCUT2D eigenvalue weighted by atomic mass is 10.1. The number of hydrogen-bond acceptors (Lipinski definition) is 3. The van der Waals surface area contributed by atoms with E-state index < -0.39 is 0 Å². The van der Waals surface area contributed by atoms with Crippen molar-refractivity contribution in [2.75, 3.05) is 25.1 Å². The van der Waals surface area contributed by atoms with Crippen molar-refractivity contribution >= 4 is 39.4 Å². The highest BCUT2D eigenvalue weighted by atomic mass is 32.1. The highest BCUT2D eigenvalue weighted by Crippen LogP contribution is 2.30. The van der Waals surface area contributed by atoms with Crippen LogP contribution in [0.1, 0.15) is 29.8 Å². The van der Waals surface area contributed by atoms with E-state index in [-0.39, 0.29) is 0 Å². The van der Waals surface area contributed by atoms with E-state index in [2.05, 4.69) is 59.0 Å². The first-order valence-corrected chi connectivity index (χ1v) is 10.1. The summed E-state index contributed by atoms with van der Waals surface area (Å²) >= 11 is 1.76. The summed E-state index contributed by atoms with van der Waals surface area (Å²) < 4.78 is 8.91. The van der Waals surface area contributed by atoms with E-state index in [1.165, 1.54) is 58.8 Å². The minimum absolute atomic E-state index is 0.939. The molecule has 1 saturated heterocycles. The Morgan fingerprint density at radius 2 is 1.77 bits per heavy atom. The van der Waals surface area contributed by atoms with Crippen LogP contribution in [-0.4, -0.2) is 20.2 Å². The van der Waals surface area contributed by atoms with Gasteiger partial charge in [0.2, 0.25) is 5.52 Å². The standard InChI is InChI=1S/C22H25N2OS/c1-23-19-7-6-8-20(25-2)22(19)26-21(23)14-11-17-9-12-18(13-10-17)24-15-4-3-5-16-24/h6-14H,3-5,15-16H2,1-2H3/q+1. The molecule has 26 heavy (non-hydrogen) atoms. The van der Waals surface area contributed by atoms with Crippen LogP contribution in [0.4, 0.5) is 5.69 Å². The number of piperidine rings is 1. The number of anilines is 1. The summed E-state index contributed by atoms with van der Waals surface area (Å²) in [7, 11) is 3.84. The highest BCUT2D eigenvalue weighted by Gasteiger charge is 2.17. The first-order chi connectivity index (χ1) is 12.8. The third kappa shape index (κ3) is 3.34. The molecule has 0 N–H and O–H groups in total. The van der Waals surface area contributed by atoms with Gasteiger partial charge in [-0.15, -0.1) is 0 Å². The van der Waals surface area contributed by atoms with Crippen LogP contribution in [0.25, 0.3) is 22.4 Å². The van der Waals surface area contributed by atoms with Crippen molar-refractivity contribution in [1.29, 1.82) is 0 Å². The number of fused-ring (bicyclic) bond motifs is 1. The highest BCUT2D eigenvalue weighted by molar-refractivity contribution is 7.19. The van der Waals surface area contributed by atoms with Crippen molar-refractivity contribution < 1.29 is 9.30 Å². The van der Waals surface area contributed by atoms with Gasteiger partial charge in [-0.25, -0.2) is 0 Å². The Morgan fingerprint density at radius 1 is 1.00 bits per heavy atom. The molecular formula is C22H25N2OS+. The Morgan fingerprint density at radius 3 is 2.50 bits per heavy atom. The van der Waals surface area contributed by atoms with Gasteiger partial charge in [-0.05, 0) is 49.1 Å². The van der Waals surface area contributed by atoms with Crippen LogP contribution >= 0.6 is 11.3 Å². The van der Waals surface area contributed by atoms with E-state index in [0.717, 1.165) is 5.75 Å². The maximum Gasteiger partial charge on any atom is 0.262 e. The number of rotatable bonds is 4. The van der Waals surface area contributed by atoms with Crippen molar-refractivity contribution in [3.05, 3.63) is 53.0 Å². The molecule has 134 valence electrons. The predicted molar refractivity (Wildman–Crippen MR) is 111 cm³/mol. The van der Waals surface area contributed by atoms with E-state index in [0.29, 0.717) is 0 Å². The first kappa shape index (κ1) is 17.1. The van der Waals surface area contributed by atoms with Gasteiger partial charge in [0.1, 0.15) is 17.5 Å². The van der Waals surface area contributed by atoms with E-state index in [4.69, 9.17) is 4.74 Å². The number of hydrogen-bond donors (Lipinski definition) is 0. The molecule has 3 nitrogen and oxygen atoms in total. The van der Waals surface area contributed by atoms with Crippen molar-refractivity contribution in [2.45, 2.75) is 19.3 Å². The Bertz CT molecular complexity index is 921. The molecule has 0 atom stereocenters. The number of aromatic nitrogens is 1. The molecule has 0 unspecified atom stereocenters. The molecule has 1 aromatic heterocycles. The smallest absolute Gasteiger partial charge is 0.262 e. The molecule has 0 bridgehead atoms. The summed E-state index contributed by atoms with van der Waals surface area (Å²) in [6.07, 6.45) is 8.38. The van der Waals surface area contributed by atoms with Crippen LogP contribution in [0.5, 0.6) is 5.75 Å². The average molecular weight is 366 g/mol. The summed E-state index contributed by atoms with van der Waals surface area (Å²) in [6, 6.07) is 15.1. The van der Waals surface area contributed by atoms with Crippen LogP contribution in [0.3, 0.4) is 0 Å². The van der Waals surface area contributed by atoms with E-state index >= 15 is 0 Å². The van der Waals surface area contributed by atoms with Gasteiger partial charge < -0.3 is 9.64 Å². The molecule has 0 saturated carbocycles. The van der Waals surface area contributed by atoms with Crippen LogP contribution in [0, 0.1) is 0 Å². The molecule has 4 heteroatoms. The lowest BCUT2D eigenvalue weighted by Crippen LogP contribution is -2.29. The van der Waals surface area contributed by atoms with Crippen molar-refractivity contribution in [3.8, 4) is 5.75 Å². The molecule has 2 aromatic carbocycles. The zero-order valence-electron chi connectivity index (χ0n) is 15.4. The molecule has 2 heterocycles. The van der Waals surface area contributed by atoms with Gasteiger partial charge in [-0.3, -0.25) is 0 Å². The van der Waals surface area contributed by atoms with Gasteiger partial charge in [0.05, 0.1) is 7.11 Å². The largest absolute Gasteiger partial charge is 0.495 e. The fraction of sp³-hybridized carbons (Fsp3) is 0.318. The molecule has 1 fully saturated rings. The van der Waals surface area contributed by atoms with Gasteiger partial charge in [-0.2, -0.15) is 4.57 Å². The van der Waals surface area contributed by atoms with Crippen LogP contribution in [0.2, 0.25) is 0 Å². The number of methoxy groups -OCH3 is 1. The quantitative estimate of drug-likeness (QED) is 0.612. The van der Waals surface area contributed by atoms with Crippen molar-refractivity contribution in [2.24, 2.45) is 7.05 Å². The summed E-state index contributed by atoms with van der Waals surface area (Å²) in [5, 5.41) is 1.21. The molecule has 3 aromatic rings.